The molecule has 4 heteroatoms. The van der Waals surface area contributed by atoms with Crippen molar-refractivity contribution in [2.45, 2.75) is 44.7 Å². The van der Waals surface area contributed by atoms with Crippen molar-refractivity contribution in [3.63, 3.8) is 0 Å². The largest absolute Gasteiger partial charge is 0.481 e. The van der Waals surface area contributed by atoms with Crippen LogP contribution in [0.5, 0.6) is 0 Å². The number of rotatable bonds is 3. The Morgan fingerprint density at radius 1 is 1.38 bits per heavy atom. The van der Waals surface area contributed by atoms with Gasteiger partial charge >= 0.3 is 5.97 Å². The summed E-state index contributed by atoms with van der Waals surface area (Å²) in [5.41, 5.74) is -0.208. The van der Waals surface area contributed by atoms with Gasteiger partial charge in [0.1, 0.15) is 0 Å². The van der Waals surface area contributed by atoms with Crippen LogP contribution in [0.25, 0.3) is 0 Å². The molecule has 1 N–H and O–H groups in total. The summed E-state index contributed by atoms with van der Waals surface area (Å²) in [6.07, 6.45) is 2.82. The first-order valence-electron chi connectivity index (χ1n) is 6.20. The molecule has 0 aliphatic carbocycles. The summed E-state index contributed by atoms with van der Waals surface area (Å²) >= 11 is 0. The highest BCUT2D eigenvalue weighted by Crippen LogP contribution is 2.27. The zero-order valence-corrected chi connectivity index (χ0v) is 10.3. The lowest BCUT2D eigenvalue weighted by atomic mass is 9.96. The Bertz CT molecular complexity index is 278. The summed E-state index contributed by atoms with van der Waals surface area (Å²) in [4.78, 5) is 15.8. The van der Waals surface area contributed by atoms with Gasteiger partial charge in [0.2, 0.25) is 0 Å². The summed E-state index contributed by atoms with van der Waals surface area (Å²) in [6.45, 7) is 8.49. The third kappa shape index (κ3) is 2.38. The molecule has 16 heavy (non-hydrogen) atoms. The molecule has 4 nitrogen and oxygen atoms in total. The van der Waals surface area contributed by atoms with E-state index >= 15 is 0 Å². The fraction of sp³-hybridized carbons (Fsp3) is 0.917. The maximum Gasteiger partial charge on any atom is 0.305 e. The van der Waals surface area contributed by atoms with Crippen LogP contribution in [-0.2, 0) is 4.79 Å². The number of hydrogen-bond donors (Lipinski definition) is 1. The number of carboxylic acids is 1. The fourth-order valence-electron chi connectivity index (χ4n) is 3.02. The molecule has 0 spiro atoms. The maximum absolute atomic E-state index is 10.8. The second kappa shape index (κ2) is 4.34. The highest BCUT2D eigenvalue weighted by Gasteiger charge is 2.37. The average Bonchev–Trinajstić information content (AvgIpc) is 2.61. The zero-order valence-electron chi connectivity index (χ0n) is 10.3. The summed E-state index contributed by atoms with van der Waals surface area (Å²) in [6, 6.07) is 0.668. The lowest BCUT2D eigenvalue weighted by Gasteiger charge is -2.45. The van der Waals surface area contributed by atoms with E-state index in [9.17, 15) is 4.79 Å². The first-order chi connectivity index (χ1) is 7.49. The molecule has 1 atom stereocenters. The smallest absolute Gasteiger partial charge is 0.305 e. The van der Waals surface area contributed by atoms with E-state index in [2.05, 4.69) is 9.80 Å². The Hall–Kier alpha value is -0.610. The zero-order chi connectivity index (χ0) is 11.8. The number of hydrogen-bond acceptors (Lipinski definition) is 3. The Balaban J connectivity index is 1.97. The minimum absolute atomic E-state index is 0.208. The van der Waals surface area contributed by atoms with Crippen molar-refractivity contribution >= 4 is 5.97 Å². The van der Waals surface area contributed by atoms with Crippen LogP contribution in [0.1, 0.15) is 33.1 Å². The average molecular weight is 226 g/mol. The number of piperazine rings is 1. The monoisotopic (exact) mass is 226 g/mol. The second-order valence-corrected chi connectivity index (χ2v) is 5.66. The van der Waals surface area contributed by atoms with Gasteiger partial charge in [0.25, 0.3) is 0 Å². The van der Waals surface area contributed by atoms with Gasteiger partial charge in [-0.05, 0) is 33.2 Å². The van der Waals surface area contributed by atoms with Crippen LogP contribution in [0.4, 0.5) is 0 Å². The molecule has 0 bridgehead atoms. The third-order valence-corrected chi connectivity index (χ3v) is 4.03. The Kier molecular flexibility index (Phi) is 3.22. The van der Waals surface area contributed by atoms with E-state index in [1.54, 1.807) is 0 Å². The van der Waals surface area contributed by atoms with Crippen LogP contribution in [0.3, 0.4) is 0 Å². The van der Waals surface area contributed by atoms with Gasteiger partial charge in [-0.2, -0.15) is 0 Å². The van der Waals surface area contributed by atoms with Gasteiger partial charge in [-0.3, -0.25) is 14.6 Å². The van der Waals surface area contributed by atoms with E-state index in [1.807, 2.05) is 13.8 Å². The summed E-state index contributed by atoms with van der Waals surface area (Å²) in [5.74, 6) is -0.696. The standard InChI is InChI=1S/C12H22N2O2/c1-12(2,8-11(15)16)14-7-6-13-5-3-4-10(13)9-14/h10H,3-9H2,1-2H3,(H,15,16). The van der Waals surface area contributed by atoms with Crippen molar-refractivity contribution in [3.8, 4) is 0 Å². The lowest BCUT2D eigenvalue weighted by Crippen LogP contribution is -2.57. The van der Waals surface area contributed by atoms with Crippen molar-refractivity contribution in [1.82, 2.24) is 9.80 Å². The van der Waals surface area contributed by atoms with E-state index in [1.165, 1.54) is 19.4 Å². The van der Waals surface area contributed by atoms with Crippen molar-refractivity contribution < 1.29 is 9.90 Å². The number of aliphatic carboxylic acids is 1. The molecule has 0 aromatic carbocycles. The first-order valence-corrected chi connectivity index (χ1v) is 6.20. The molecule has 2 rings (SSSR count). The second-order valence-electron chi connectivity index (χ2n) is 5.66. The van der Waals surface area contributed by atoms with Gasteiger partial charge in [0, 0.05) is 31.2 Å². The molecule has 1 unspecified atom stereocenters. The van der Waals surface area contributed by atoms with Crippen molar-refractivity contribution in [2.75, 3.05) is 26.2 Å². The summed E-state index contributed by atoms with van der Waals surface area (Å²) < 4.78 is 0. The van der Waals surface area contributed by atoms with Gasteiger partial charge in [-0.25, -0.2) is 0 Å². The van der Waals surface area contributed by atoms with Crippen LogP contribution in [0.2, 0.25) is 0 Å². The van der Waals surface area contributed by atoms with Crippen LogP contribution in [-0.4, -0.2) is 58.6 Å². The molecule has 0 radical (unpaired) electrons. The summed E-state index contributed by atoms with van der Waals surface area (Å²) in [7, 11) is 0. The number of nitrogens with zero attached hydrogens (tertiary/aromatic N) is 2. The number of fused-ring (bicyclic) bond motifs is 1. The van der Waals surface area contributed by atoms with Crippen LogP contribution in [0.15, 0.2) is 0 Å². The first kappa shape index (κ1) is 11.9. The predicted molar refractivity (Wildman–Crippen MR) is 62.5 cm³/mol. The van der Waals surface area contributed by atoms with Gasteiger partial charge in [-0.15, -0.1) is 0 Å². The van der Waals surface area contributed by atoms with Crippen molar-refractivity contribution in [2.24, 2.45) is 0 Å². The van der Waals surface area contributed by atoms with E-state index < -0.39 is 5.97 Å². The highest BCUT2D eigenvalue weighted by atomic mass is 16.4. The predicted octanol–water partition coefficient (Wildman–Crippen LogP) is 1.02. The molecule has 2 saturated heterocycles. The molecule has 0 amide bonds. The van der Waals surface area contributed by atoms with E-state index in [-0.39, 0.29) is 12.0 Å². The third-order valence-electron chi connectivity index (χ3n) is 4.03. The molecule has 92 valence electrons. The van der Waals surface area contributed by atoms with E-state index in [0.29, 0.717) is 6.04 Å². The fourth-order valence-corrected chi connectivity index (χ4v) is 3.02. The van der Waals surface area contributed by atoms with Crippen molar-refractivity contribution in [3.05, 3.63) is 0 Å². The molecule has 2 fully saturated rings. The van der Waals surface area contributed by atoms with Crippen LogP contribution in [0, 0.1) is 0 Å². The van der Waals surface area contributed by atoms with Gasteiger partial charge in [0.15, 0.2) is 0 Å². The van der Waals surface area contributed by atoms with Gasteiger partial charge < -0.3 is 5.11 Å². The van der Waals surface area contributed by atoms with Crippen molar-refractivity contribution in [1.29, 1.82) is 0 Å². The molecular formula is C12H22N2O2. The minimum atomic E-state index is -0.696. The van der Waals surface area contributed by atoms with Crippen LogP contribution < -0.4 is 0 Å². The summed E-state index contributed by atoms with van der Waals surface area (Å²) in [5, 5.41) is 8.93. The molecule has 2 aliphatic rings. The molecule has 0 aromatic heterocycles. The molecule has 0 saturated carbocycles. The normalized spacial score (nSPS) is 28.0. The Morgan fingerprint density at radius 3 is 2.81 bits per heavy atom. The van der Waals surface area contributed by atoms with Crippen LogP contribution >= 0.6 is 0 Å². The Morgan fingerprint density at radius 2 is 2.12 bits per heavy atom. The number of carbonyl (C=O) groups is 1. The highest BCUT2D eigenvalue weighted by molar-refractivity contribution is 5.68. The lowest BCUT2D eigenvalue weighted by molar-refractivity contribution is -0.140. The van der Waals surface area contributed by atoms with Gasteiger partial charge in [-0.1, -0.05) is 0 Å². The number of carboxylic acid groups (broad SMARTS) is 1. The quantitative estimate of drug-likeness (QED) is 0.780. The van der Waals surface area contributed by atoms with Gasteiger partial charge in [0.05, 0.1) is 6.42 Å². The topological polar surface area (TPSA) is 43.8 Å². The molecule has 2 heterocycles. The maximum atomic E-state index is 10.8. The SMILES string of the molecule is CC(C)(CC(=O)O)N1CCN2CCCC2C1. The molecule has 2 aliphatic heterocycles. The minimum Gasteiger partial charge on any atom is -0.481 e. The Labute approximate surface area is 97.2 Å². The molecular weight excluding hydrogens is 204 g/mol. The van der Waals surface area contributed by atoms with E-state index in [4.69, 9.17) is 5.11 Å². The van der Waals surface area contributed by atoms with E-state index in [0.717, 1.165) is 19.6 Å². The molecule has 0 aromatic rings.